The molecule has 0 aromatic heterocycles. The lowest BCUT2D eigenvalue weighted by Crippen LogP contribution is -2.48. The van der Waals surface area contributed by atoms with Gasteiger partial charge >= 0.3 is 0 Å². The van der Waals surface area contributed by atoms with Crippen LogP contribution in [0.2, 0.25) is 0 Å². The lowest BCUT2D eigenvalue weighted by molar-refractivity contribution is -0.127. The third-order valence-electron chi connectivity index (χ3n) is 4.80. The fourth-order valence-corrected chi connectivity index (χ4v) is 3.09. The molecule has 0 saturated heterocycles. The number of nitrogens with zero attached hydrogens (tertiary/aromatic N) is 1. The van der Waals surface area contributed by atoms with Crippen molar-refractivity contribution in [3.8, 4) is 0 Å². The van der Waals surface area contributed by atoms with Crippen molar-refractivity contribution in [1.29, 1.82) is 0 Å². The van der Waals surface area contributed by atoms with Crippen molar-refractivity contribution in [2.24, 2.45) is 0 Å². The van der Waals surface area contributed by atoms with Gasteiger partial charge < -0.3 is 4.90 Å². The van der Waals surface area contributed by atoms with Crippen molar-refractivity contribution >= 4 is 5.91 Å². The molecule has 2 rings (SSSR count). The Balaban J connectivity index is 1.94. The van der Waals surface area contributed by atoms with Gasteiger partial charge in [-0.25, -0.2) is 0 Å². The summed E-state index contributed by atoms with van der Waals surface area (Å²) in [4.78, 5) is 14.4. The van der Waals surface area contributed by atoms with Gasteiger partial charge in [-0.3, -0.25) is 10.1 Å². The Morgan fingerprint density at radius 1 is 1.22 bits per heavy atom. The van der Waals surface area contributed by atoms with E-state index in [-0.39, 0.29) is 12.1 Å². The van der Waals surface area contributed by atoms with Gasteiger partial charge in [-0.15, -0.1) is 0 Å². The van der Waals surface area contributed by atoms with Gasteiger partial charge in [0.25, 0.3) is 5.91 Å². The number of carbonyl (C=O) groups is 1. The van der Waals surface area contributed by atoms with Crippen molar-refractivity contribution < 1.29 is 4.79 Å². The maximum atomic E-state index is 12.4. The number of hydrogen-bond donors (Lipinski definition) is 1. The second-order valence-electron chi connectivity index (χ2n) is 6.65. The molecule has 3 nitrogen and oxygen atoms in total. The summed E-state index contributed by atoms with van der Waals surface area (Å²) in [6.45, 7) is 9.26. The molecule has 1 aliphatic rings. The first kappa shape index (κ1) is 17.7. The summed E-state index contributed by atoms with van der Waals surface area (Å²) in [5.41, 5.74) is 3.46. The van der Waals surface area contributed by atoms with Crippen LogP contribution in [0.5, 0.6) is 0 Å². The van der Waals surface area contributed by atoms with Gasteiger partial charge in [0.15, 0.2) is 0 Å². The monoisotopic (exact) mass is 314 g/mol. The Morgan fingerprint density at radius 3 is 2.57 bits per heavy atom. The minimum atomic E-state index is 0.0693. The molecule has 3 heteroatoms. The second kappa shape index (κ2) is 8.30. The molecule has 2 atom stereocenters. The average molecular weight is 314 g/mol. The van der Waals surface area contributed by atoms with E-state index in [1.54, 1.807) is 0 Å². The Morgan fingerprint density at radius 2 is 1.91 bits per heavy atom. The molecule has 0 spiro atoms. The zero-order chi connectivity index (χ0) is 16.8. The zero-order valence-corrected chi connectivity index (χ0v) is 14.9. The van der Waals surface area contributed by atoms with E-state index in [1.807, 2.05) is 11.8 Å². The fraction of sp³-hybridized carbons (Fsp3) is 0.550. The third kappa shape index (κ3) is 4.44. The van der Waals surface area contributed by atoms with Gasteiger partial charge in [-0.05, 0) is 51.2 Å². The zero-order valence-electron chi connectivity index (χ0n) is 14.9. The van der Waals surface area contributed by atoms with Crippen LogP contribution in [0, 0.1) is 0 Å². The number of benzene rings is 1. The molecule has 0 fully saturated rings. The highest BCUT2D eigenvalue weighted by Crippen LogP contribution is 2.25. The normalized spacial score (nSPS) is 19.6. The smallest absolute Gasteiger partial charge is 0.251 e. The van der Waals surface area contributed by atoms with E-state index in [0.29, 0.717) is 6.04 Å². The summed E-state index contributed by atoms with van der Waals surface area (Å²) in [7, 11) is 0. The van der Waals surface area contributed by atoms with E-state index in [1.165, 1.54) is 11.1 Å². The first-order chi connectivity index (χ1) is 11.0. The van der Waals surface area contributed by atoms with Crippen molar-refractivity contribution in [1.82, 2.24) is 10.2 Å². The number of carbonyl (C=O) groups excluding carboxylic acids is 1. The van der Waals surface area contributed by atoms with E-state index in [9.17, 15) is 4.79 Å². The first-order valence-electron chi connectivity index (χ1n) is 8.83. The van der Waals surface area contributed by atoms with Crippen LogP contribution in [0.1, 0.15) is 52.5 Å². The molecule has 0 unspecified atom stereocenters. The molecule has 0 saturated carbocycles. The van der Waals surface area contributed by atoms with E-state index in [4.69, 9.17) is 0 Å². The quantitative estimate of drug-likeness (QED) is 0.789. The molecule has 126 valence electrons. The summed E-state index contributed by atoms with van der Waals surface area (Å²) in [5.74, 6) is 0.198. The highest BCUT2D eigenvalue weighted by Gasteiger charge is 2.34. The van der Waals surface area contributed by atoms with Crippen molar-refractivity contribution in [3.63, 3.8) is 0 Å². The van der Waals surface area contributed by atoms with Crippen LogP contribution in [0.3, 0.4) is 0 Å². The third-order valence-corrected chi connectivity index (χ3v) is 4.80. The number of amides is 1. The standard InChI is InChI=1S/C20H30N2O/c1-5-6-14-22-19(16(3)17(4)20(22)23)21-15(2)12-13-18-10-8-7-9-11-18/h7-11,15,19,21H,5-6,12-14H2,1-4H3/t15-,19-/m0/s1. The Hall–Kier alpha value is -1.61. The van der Waals surface area contributed by atoms with Crippen LogP contribution in [0.4, 0.5) is 0 Å². The predicted molar refractivity (Wildman–Crippen MR) is 96.1 cm³/mol. The molecule has 0 aliphatic carbocycles. The predicted octanol–water partition coefficient (Wildman–Crippen LogP) is 3.90. The fourth-order valence-electron chi connectivity index (χ4n) is 3.09. The van der Waals surface area contributed by atoms with Crippen molar-refractivity contribution in [3.05, 3.63) is 47.0 Å². The second-order valence-corrected chi connectivity index (χ2v) is 6.65. The minimum absolute atomic E-state index is 0.0693. The highest BCUT2D eigenvalue weighted by atomic mass is 16.2. The summed E-state index contributed by atoms with van der Waals surface area (Å²) in [6, 6.07) is 11.0. The number of rotatable bonds is 8. The van der Waals surface area contributed by atoms with E-state index >= 15 is 0 Å². The van der Waals surface area contributed by atoms with Crippen molar-refractivity contribution in [2.45, 2.75) is 65.6 Å². The Labute approximate surface area is 140 Å². The van der Waals surface area contributed by atoms with Gasteiger partial charge in [-0.1, -0.05) is 43.7 Å². The molecule has 1 aliphatic heterocycles. The van der Waals surface area contributed by atoms with Crippen LogP contribution in [0.25, 0.3) is 0 Å². The first-order valence-corrected chi connectivity index (χ1v) is 8.83. The van der Waals surface area contributed by atoms with Gasteiger partial charge in [-0.2, -0.15) is 0 Å². The minimum Gasteiger partial charge on any atom is -0.319 e. The van der Waals surface area contributed by atoms with Crippen molar-refractivity contribution in [2.75, 3.05) is 6.54 Å². The maximum absolute atomic E-state index is 12.4. The largest absolute Gasteiger partial charge is 0.319 e. The van der Waals surface area contributed by atoms with Gasteiger partial charge in [0.05, 0.1) is 0 Å². The molecular weight excluding hydrogens is 284 g/mol. The number of unbranched alkanes of at least 4 members (excludes halogenated alkanes) is 1. The van der Waals surface area contributed by atoms with E-state index in [0.717, 1.165) is 37.8 Å². The molecule has 1 heterocycles. The molecule has 1 amide bonds. The molecule has 23 heavy (non-hydrogen) atoms. The van der Waals surface area contributed by atoms with E-state index < -0.39 is 0 Å². The highest BCUT2D eigenvalue weighted by molar-refractivity contribution is 5.96. The van der Waals surface area contributed by atoms with Crippen LogP contribution < -0.4 is 5.32 Å². The Kier molecular flexibility index (Phi) is 6.40. The van der Waals surface area contributed by atoms with Crippen LogP contribution in [-0.2, 0) is 11.2 Å². The summed E-state index contributed by atoms with van der Waals surface area (Å²) < 4.78 is 0. The van der Waals surface area contributed by atoms with Gasteiger partial charge in [0.1, 0.15) is 6.17 Å². The molecular formula is C20H30N2O. The lowest BCUT2D eigenvalue weighted by atomic mass is 10.1. The van der Waals surface area contributed by atoms with Crippen LogP contribution in [0.15, 0.2) is 41.5 Å². The molecule has 1 aromatic carbocycles. The SMILES string of the molecule is CCCCN1C(=O)C(C)=C(C)[C@H]1N[C@@H](C)CCc1ccccc1. The van der Waals surface area contributed by atoms with Gasteiger partial charge in [0.2, 0.25) is 0 Å². The Bertz CT molecular complexity index is 550. The lowest BCUT2D eigenvalue weighted by Gasteiger charge is -2.30. The van der Waals surface area contributed by atoms with Gasteiger partial charge in [0, 0.05) is 18.2 Å². The summed E-state index contributed by atoms with van der Waals surface area (Å²) in [6.07, 6.45) is 4.37. The van der Waals surface area contributed by atoms with Crippen LogP contribution >= 0.6 is 0 Å². The number of aryl methyl sites for hydroxylation is 1. The molecule has 0 bridgehead atoms. The molecule has 1 aromatic rings. The summed E-state index contributed by atoms with van der Waals surface area (Å²) >= 11 is 0. The number of nitrogens with one attached hydrogen (secondary N) is 1. The van der Waals surface area contributed by atoms with E-state index in [2.05, 4.69) is 56.4 Å². The summed E-state index contributed by atoms with van der Waals surface area (Å²) in [5, 5.41) is 3.67. The molecule has 0 radical (unpaired) electrons. The number of hydrogen-bond acceptors (Lipinski definition) is 2. The average Bonchev–Trinajstić information content (AvgIpc) is 2.76. The van der Waals surface area contributed by atoms with Crippen LogP contribution in [-0.4, -0.2) is 29.6 Å². The topological polar surface area (TPSA) is 32.3 Å². The maximum Gasteiger partial charge on any atom is 0.251 e. The molecule has 1 N–H and O–H groups in total.